The lowest BCUT2D eigenvalue weighted by Crippen LogP contribution is -2.38. The summed E-state index contributed by atoms with van der Waals surface area (Å²) < 4.78 is 41.6. The van der Waals surface area contributed by atoms with Crippen LogP contribution in [0.3, 0.4) is 0 Å². The molecule has 2 nitrogen and oxygen atoms in total. The van der Waals surface area contributed by atoms with Crippen LogP contribution in [0.4, 0.5) is 13.2 Å². The average Bonchev–Trinajstić information content (AvgIpc) is 2.97. The number of alkyl halides is 3. The van der Waals surface area contributed by atoms with Crippen molar-refractivity contribution in [2.75, 3.05) is 0 Å². The summed E-state index contributed by atoms with van der Waals surface area (Å²) in [5.41, 5.74) is -0.404. The van der Waals surface area contributed by atoms with E-state index in [9.17, 15) is 18.0 Å². The Morgan fingerprint density at radius 3 is 2.30 bits per heavy atom. The van der Waals surface area contributed by atoms with E-state index in [-0.39, 0.29) is 24.0 Å². The zero-order valence-corrected chi connectivity index (χ0v) is 11.9. The Bertz CT molecular complexity index is 591. The summed E-state index contributed by atoms with van der Waals surface area (Å²) in [5, 5.41) is 0. The number of carbonyl (C=O) groups excluding carboxylic acids is 1. The summed E-state index contributed by atoms with van der Waals surface area (Å²) in [4.78, 5) is 12.2. The SMILES string of the molecule is Cc1cc2c(n1C1(C(F)(F)F)CC1)CC(C)(C)CC2=O. The molecule has 110 valence electrons. The molecule has 0 saturated heterocycles. The quantitative estimate of drug-likeness (QED) is 0.764. The van der Waals surface area contributed by atoms with E-state index in [1.807, 2.05) is 13.8 Å². The van der Waals surface area contributed by atoms with E-state index in [2.05, 4.69) is 0 Å². The van der Waals surface area contributed by atoms with Crippen LogP contribution in [0.15, 0.2) is 6.07 Å². The number of nitrogens with zero attached hydrogens (tertiary/aromatic N) is 1. The maximum Gasteiger partial charge on any atom is 0.411 e. The number of hydrogen-bond acceptors (Lipinski definition) is 1. The number of aromatic nitrogens is 1. The van der Waals surface area contributed by atoms with Crippen molar-refractivity contribution in [3.8, 4) is 0 Å². The number of carbonyl (C=O) groups is 1. The molecule has 5 heteroatoms. The Morgan fingerprint density at radius 1 is 1.20 bits per heavy atom. The normalized spacial score (nSPS) is 23.6. The van der Waals surface area contributed by atoms with E-state index >= 15 is 0 Å². The molecule has 1 heterocycles. The molecular formula is C15H18F3NO. The molecule has 0 amide bonds. The van der Waals surface area contributed by atoms with Gasteiger partial charge in [-0.15, -0.1) is 0 Å². The van der Waals surface area contributed by atoms with Crippen LogP contribution in [-0.4, -0.2) is 16.5 Å². The van der Waals surface area contributed by atoms with Gasteiger partial charge in [0.15, 0.2) is 5.78 Å². The summed E-state index contributed by atoms with van der Waals surface area (Å²) in [6.45, 7) is 5.55. The lowest BCUT2D eigenvalue weighted by molar-refractivity contribution is -0.180. The van der Waals surface area contributed by atoms with Gasteiger partial charge < -0.3 is 4.57 Å². The van der Waals surface area contributed by atoms with Crippen molar-refractivity contribution in [2.24, 2.45) is 5.41 Å². The lowest BCUT2D eigenvalue weighted by Gasteiger charge is -2.33. The second-order valence-electron chi connectivity index (χ2n) is 6.95. The van der Waals surface area contributed by atoms with Crippen molar-refractivity contribution in [3.63, 3.8) is 0 Å². The molecule has 0 N–H and O–H groups in total. The molecule has 0 aliphatic heterocycles. The summed E-state index contributed by atoms with van der Waals surface area (Å²) in [6, 6.07) is 1.64. The van der Waals surface area contributed by atoms with Gasteiger partial charge in [0.2, 0.25) is 0 Å². The number of Topliss-reactive ketones (excluding diaryl/α,β-unsaturated/α-hetero) is 1. The van der Waals surface area contributed by atoms with Crippen LogP contribution >= 0.6 is 0 Å². The van der Waals surface area contributed by atoms with Crippen LogP contribution < -0.4 is 0 Å². The zero-order chi connectivity index (χ0) is 14.9. The second-order valence-corrected chi connectivity index (χ2v) is 6.95. The predicted molar refractivity (Wildman–Crippen MR) is 68.9 cm³/mol. The van der Waals surface area contributed by atoms with Crippen LogP contribution in [0.25, 0.3) is 0 Å². The number of aryl methyl sites for hydroxylation is 1. The first kappa shape index (κ1) is 13.7. The topological polar surface area (TPSA) is 22.0 Å². The fourth-order valence-electron chi connectivity index (χ4n) is 3.50. The second kappa shape index (κ2) is 3.68. The van der Waals surface area contributed by atoms with Gasteiger partial charge in [-0.3, -0.25) is 4.79 Å². The minimum atomic E-state index is -4.25. The van der Waals surface area contributed by atoms with Gasteiger partial charge in [0.05, 0.1) is 0 Å². The number of hydrogen-bond donors (Lipinski definition) is 0. The Labute approximate surface area is 116 Å². The van der Waals surface area contributed by atoms with Gasteiger partial charge in [-0.25, -0.2) is 0 Å². The molecule has 1 saturated carbocycles. The van der Waals surface area contributed by atoms with E-state index in [4.69, 9.17) is 0 Å². The number of rotatable bonds is 1. The van der Waals surface area contributed by atoms with Crippen LogP contribution in [0.5, 0.6) is 0 Å². The molecule has 2 aliphatic rings. The van der Waals surface area contributed by atoms with Crippen molar-refractivity contribution < 1.29 is 18.0 Å². The molecule has 1 aromatic rings. The minimum Gasteiger partial charge on any atom is -0.333 e. The van der Waals surface area contributed by atoms with Gasteiger partial charge >= 0.3 is 6.18 Å². The Kier molecular flexibility index (Phi) is 2.52. The number of halogens is 3. The molecule has 20 heavy (non-hydrogen) atoms. The summed E-state index contributed by atoms with van der Waals surface area (Å²) in [5.74, 6) is -0.0314. The summed E-state index contributed by atoms with van der Waals surface area (Å²) in [6.07, 6.45) is -3.09. The van der Waals surface area contributed by atoms with E-state index in [1.165, 1.54) is 4.57 Å². The molecule has 3 rings (SSSR count). The molecule has 0 atom stereocenters. The van der Waals surface area contributed by atoms with Crippen LogP contribution in [0, 0.1) is 12.3 Å². The summed E-state index contributed by atoms with van der Waals surface area (Å²) >= 11 is 0. The molecule has 0 aromatic carbocycles. The van der Waals surface area contributed by atoms with E-state index in [0.29, 0.717) is 29.8 Å². The first-order valence-corrected chi connectivity index (χ1v) is 6.89. The van der Waals surface area contributed by atoms with Gasteiger partial charge in [0.1, 0.15) is 5.54 Å². The van der Waals surface area contributed by atoms with Crippen molar-refractivity contribution in [2.45, 2.75) is 58.2 Å². The Hall–Kier alpha value is -1.26. The lowest BCUT2D eigenvalue weighted by atomic mass is 9.76. The molecule has 0 bridgehead atoms. The highest BCUT2D eigenvalue weighted by molar-refractivity contribution is 5.99. The third-order valence-electron chi connectivity index (χ3n) is 4.55. The van der Waals surface area contributed by atoms with E-state index < -0.39 is 11.7 Å². The third kappa shape index (κ3) is 1.75. The van der Waals surface area contributed by atoms with Crippen molar-refractivity contribution in [1.82, 2.24) is 4.57 Å². The highest BCUT2D eigenvalue weighted by Gasteiger charge is 2.66. The molecule has 1 fully saturated rings. The van der Waals surface area contributed by atoms with Crippen LogP contribution in [-0.2, 0) is 12.0 Å². The van der Waals surface area contributed by atoms with Gasteiger partial charge in [-0.1, -0.05) is 13.8 Å². The Balaban J connectivity index is 2.18. The van der Waals surface area contributed by atoms with Gasteiger partial charge in [-0.2, -0.15) is 13.2 Å². The molecule has 1 aromatic heterocycles. The first-order valence-electron chi connectivity index (χ1n) is 6.89. The molecule has 0 radical (unpaired) electrons. The highest BCUT2D eigenvalue weighted by Crippen LogP contribution is 2.57. The van der Waals surface area contributed by atoms with Crippen molar-refractivity contribution >= 4 is 5.78 Å². The fourth-order valence-corrected chi connectivity index (χ4v) is 3.50. The molecule has 0 unspecified atom stereocenters. The van der Waals surface area contributed by atoms with Gasteiger partial charge in [-0.05, 0) is 37.7 Å². The van der Waals surface area contributed by atoms with E-state index in [0.717, 1.165) is 0 Å². The van der Waals surface area contributed by atoms with E-state index in [1.54, 1.807) is 13.0 Å². The number of ketones is 1. The predicted octanol–water partition coefficient (Wildman–Crippen LogP) is 4.00. The fraction of sp³-hybridized carbons (Fsp3) is 0.667. The maximum atomic E-state index is 13.4. The maximum absolute atomic E-state index is 13.4. The first-order chi connectivity index (χ1) is 9.07. The average molecular weight is 285 g/mol. The smallest absolute Gasteiger partial charge is 0.333 e. The highest BCUT2D eigenvalue weighted by atomic mass is 19.4. The van der Waals surface area contributed by atoms with Crippen LogP contribution in [0.1, 0.15) is 54.9 Å². The molecule has 2 aliphatic carbocycles. The summed E-state index contributed by atoms with van der Waals surface area (Å²) in [7, 11) is 0. The number of fused-ring (bicyclic) bond motifs is 1. The molecular weight excluding hydrogens is 267 g/mol. The van der Waals surface area contributed by atoms with Crippen molar-refractivity contribution in [1.29, 1.82) is 0 Å². The third-order valence-corrected chi connectivity index (χ3v) is 4.55. The van der Waals surface area contributed by atoms with Gasteiger partial charge in [0, 0.05) is 23.4 Å². The standard InChI is InChI=1S/C15H18F3NO/c1-9-6-10-11(7-13(2,3)8-12(10)20)19(9)14(4-5-14)15(16,17)18/h6H,4-5,7-8H2,1-3H3. The monoisotopic (exact) mass is 285 g/mol. The largest absolute Gasteiger partial charge is 0.411 e. The minimum absolute atomic E-state index is 0.0314. The zero-order valence-electron chi connectivity index (χ0n) is 11.9. The van der Waals surface area contributed by atoms with Crippen molar-refractivity contribution in [3.05, 3.63) is 23.0 Å². The Morgan fingerprint density at radius 2 is 1.80 bits per heavy atom. The van der Waals surface area contributed by atoms with Gasteiger partial charge in [0.25, 0.3) is 0 Å². The molecule has 0 spiro atoms. The van der Waals surface area contributed by atoms with Crippen LogP contribution in [0.2, 0.25) is 0 Å².